The molecule has 0 radical (unpaired) electrons. The fourth-order valence-electron chi connectivity index (χ4n) is 2.02. The Morgan fingerprint density at radius 1 is 1.08 bits per heavy atom. The Kier molecular flexibility index (Phi) is 6.84. The second-order valence-electron chi connectivity index (χ2n) is 5.18. The molecule has 0 atom stereocenters. The van der Waals surface area contributed by atoms with Crippen molar-refractivity contribution in [2.24, 2.45) is 0 Å². The van der Waals surface area contributed by atoms with Crippen LogP contribution in [-0.4, -0.2) is 35.8 Å². The minimum absolute atomic E-state index is 0.111. The average Bonchev–Trinajstić information content (AvgIpc) is 2.60. The topological polar surface area (TPSA) is 78.4 Å². The van der Waals surface area contributed by atoms with Gasteiger partial charge in [0.25, 0.3) is 5.91 Å². The van der Waals surface area contributed by atoms with Crippen molar-refractivity contribution in [1.29, 1.82) is 0 Å². The van der Waals surface area contributed by atoms with Gasteiger partial charge in [-0.15, -0.1) is 11.8 Å². The molecule has 0 unspecified atom stereocenters. The van der Waals surface area contributed by atoms with Crippen molar-refractivity contribution < 1.29 is 14.7 Å². The van der Waals surface area contributed by atoms with Crippen LogP contribution in [0.15, 0.2) is 53.4 Å². The first-order valence-electron chi connectivity index (χ1n) is 7.57. The highest BCUT2D eigenvalue weighted by molar-refractivity contribution is 8.00. The van der Waals surface area contributed by atoms with Crippen LogP contribution in [0, 0.1) is 6.92 Å². The highest BCUT2D eigenvalue weighted by atomic mass is 32.2. The molecule has 0 saturated carbocycles. The van der Waals surface area contributed by atoms with E-state index in [2.05, 4.69) is 10.6 Å². The summed E-state index contributed by atoms with van der Waals surface area (Å²) in [6, 6.07) is 14.7. The number of aliphatic hydroxyl groups is 1. The zero-order chi connectivity index (χ0) is 17.4. The molecular weight excluding hydrogens is 324 g/mol. The van der Waals surface area contributed by atoms with Crippen LogP contribution < -0.4 is 10.6 Å². The summed E-state index contributed by atoms with van der Waals surface area (Å²) in [5, 5.41) is 14.2. The molecule has 24 heavy (non-hydrogen) atoms. The maximum Gasteiger partial charge on any atom is 0.252 e. The fraction of sp³-hybridized carbons (Fsp3) is 0.222. The third kappa shape index (κ3) is 5.40. The van der Waals surface area contributed by atoms with Crippen molar-refractivity contribution >= 4 is 29.3 Å². The van der Waals surface area contributed by atoms with Gasteiger partial charge >= 0.3 is 0 Å². The Balaban J connectivity index is 1.95. The van der Waals surface area contributed by atoms with Gasteiger partial charge in [0, 0.05) is 17.1 Å². The summed E-state index contributed by atoms with van der Waals surface area (Å²) in [5.41, 5.74) is 2.38. The number of carbonyl (C=O) groups is 2. The van der Waals surface area contributed by atoms with Gasteiger partial charge in [-0.3, -0.25) is 9.59 Å². The summed E-state index contributed by atoms with van der Waals surface area (Å²) in [6.07, 6.45) is 0. The molecule has 5 nitrogen and oxygen atoms in total. The number of aliphatic hydroxyl groups excluding tert-OH is 1. The molecule has 2 aromatic rings. The van der Waals surface area contributed by atoms with E-state index in [0.29, 0.717) is 5.56 Å². The van der Waals surface area contributed by atoms with Gasteiger partial charge in [-0.1, -0.05) is 29.8 Å². The zero-order valence-electron chi connectivity index (χ0n) is 13.4. The fourth-order valence-corrected chi connectivity index (χ4v) is 2.87. The summed E-state index contributed by atoms with van der Waals surface area (Å²) in [7, 11) is 0. The van der Waals surface area contributed by atoms with Crippen molar-refractivity contribution in [3.63, 3.8) is 0 Å². The van der Waals surface area contributed by atoms with Crippen LogP contribution in [0.4, 0.5) is 5.69 Å². The van der Waals surface area contributed by atoms with Crippen LogP contribution in [0.1, 0.15) is 15.9 Å². The second-order valence-corrected chi connectivity index (χ2v) is 6.20. The second kappa shape index (κ2) is 9.10. The van der Waals surface area contributed by atoms with E-state index in [1.165, 1.54) is 11.8 Å². The van der Waals surface area contributed by atoms with E-state index >= 15 is 0 Å². The molecule has 0 saturated heterocycles. The number of anilines is 1. The van der Waals surface area contributed by atoms with Gasteiger partial charge in [-0.05, 0) is 31.2 Å². The largest absolute Gasteiger partial charge is 0.395 e. The average molecular weight is 344 g/mol. The monoisotopic (exact) mass is 344 g/mol. The van der Waals surface area contributed by atoms with Crippen LogP contribution >= 0.6 is 11.8 Å². The number of hydrogen-bond acceptors (Lipinski definition) is 4. The minimum Gasteiger partial charge on any atom is -0.395 e. The van der Waals surface area contributed by atoms with Gasteiger partial charge in [0.15, 0.2) is 0 Å². The molecular formula is C18H20N2O3S. The quantitative estimate of drug-likeness (QED) is 0.674. The molecule has 2 amide bonds. The first-order valence-corrected chi connectivity index (χ1v) is 8.56. The molecule has 3 N–H and O–H groups in total. The first-order chi connectivity index (χ1) is 11.6. The lowest BCUT2D eigenvalue weighted by molar-refractivity contribution is -0.113. The molecule has 0 spiro atoms. The lowest BCUT2D eigenvalue weighted by atomic mass is 10.2. The summed E-state index contributed by atoms with van der Waals surface area (Å²) in [4.78, 5) is 24.8. The Bertz CT molecular complexity index is 702. The maximum absolute atomic E-state index is 12.1. The standard InChI is InChI=1S/C18H20N2O3S/c1-13-6-8-14(9-7-13)20-17(22)12-24-16-5-3-2-4-15(16)18(23)19-10-11-21/h2-9,21H,10-12H2,1H3,(H,19,23)(H,20,22). The molecule has 0 heterocycles. The number of hydrogen-bond donors (Lipinski definition) is 3. The third-order valence-electron chi connectivity index (χ3n) is 3.22. The van der Waals surface area contributed by atoms with Gasteiger partial charge in [-0.2, -0.15) is 0 Å². The predicted molar refractivity (Wildman–Crippen MR) is 96.4 cm³/mol. The number of thioether (sulfide) groups is 1. The van der Waals surface area contributed by atoms with Crippen molar-refractivity contribution in [3.05, 3.63) is 59.7 Å². The number of benzene rings is 2. The lowest BCUT2D eigenvalue weighted by Gasteiger charge is -2.09. The molecule has 0 aliphatic heterocycles. The van der Waals surface area contributed by atoms with E-state index in [9.17, 15) is 9.59 Å². The van der Waals surface area contributed by atoms with Gasteiger partial charge in [-0.25, -0.2) is 0 Å². The molecule has 2 rings (SSSR count). The van der Waals surface area contributed by atoms with Gasteiger partial charge in [0.1, 0.15) is 0 Å². The molecule has 0 bridgehead atoms. The van der Waals surface area contributed by atoms with Crippen molar-refractivity contribution in [3.8, 4) is 0 Å². The molecule has 6 heteroatoms. The molecule has 0 aromatic heterocycles. The van der Waals surface area contributed by atoms with Crippen LogP contribution in [0.3, 0.4) is 0 Å². The van der Waals surface area contributed by atoms with Crippen molar-refractivity contribution in [1.82, 2.24) is 5.32 Å². The number of aryl methyl sites for hydroxylation is 1. The van der Waals surface area contributed by atoms with E-state index in [1.54, 1.807) is 18.2 Å². The van der Waals surface area contributed by atoms with E-state index in [4.69, 9.17) is 5.11 Å². The van der Waals surface area contributed by atoms with E-state index in [0.717, 1.165) is 16.1 Å². The Morgan fingerprint density at radius 2 is 1.79 bits per heavy atom. The molecule has 0 fully saturated rings. The van der Waals surface area contributed by atoms with E-state index < -0.39 is 0 Å². The third-order valence-corrected chi connectivity index (χ3v) is 4.30. The summed E-state index contributed by atoms with van der Waals surface area (Å²) in [6.45, 7) is 2.08. The van der Waals surface area contributed by atoms with Gasteiger partial charge < -0.3 is 15.7 Å². The van der Waals surface area contributed by atoms with Crippen molar-refractivity contribution in [2.45, 2.75) is 11.8 Å². The van der Waals surface area contributed by atoms with E-state index in [-0.39, 0.29) is 30.7 Å². The molecule has 0 aliphatic rings. The van der Waals surface area contributed by atoms with E-state index in [1.807, 2.05) is 37.3 Å². The van der Waals surface area contributed by atoms with Crippen LogP contribution in [0.25, 0.3) is 0 Å². The molecule has 2 aromatic carbocycles. The highest BCUT2D eigenvalue weighted by Gasteiger charge is 2.12. The molecule has 126 valence electrons. The summed E-state index contributed by atoms with van der Waals surface area (Å²) < 4.78 is 0. The predicted octanol–water partition coefficient (Wildman–Crippen LogP) is 2.45. The van der Waals surface area contributed by atoms with Crippen LogP contribution in [0.2, 0.25) is 0 Å². The number of nitrogens with one attached hydrogen (secondary N) is 2. The Hall–Kier alpha value is -2.31. The van der Waals surface area contributed by atoms with Crippen molar-refractivity contribution in [2.75, 3.05) is 24.2 Å². The normalized spacial score (nSPS) is 10.2. The number of carbonyl (C=O) groups excluding carboxylic acids is 2. The summed E-state index contributed by atoms with van der Waals surface area (Å²) in [5.74, 6) is -0.182. The Labute approximate surface area is 145 Å². The smallest absolute Gasteiger partial charge is 0.252 e. The Morgan fingerprint density at radius 3 is 2.50 bits per heavy atom. The van der Waals surface area contributed by atoms with Crippen LogP contribution in [-0.2, 0) is 4.79 Å². The number of rotatable bonds is 7. The maximum atomic E-state index is 12.1. The van der Waals surface area contributed by atoms with Gasteiger partial charge in [0.05, 0.1) is 17.9 Å². The first kappa shape index (κ1) is 18.0. The van der Waals surface area contributed by atoms with Crippen LogP contribution in [0.5, 0.6) is 0 Å². The van der Waals surface area contributed by atoms with Gasteiger partial charge in [0.2, 0.25) is 5.91 Å². The minimum atomic E-state index is -0.258. The lowest BCUT2D eigenvalue weighted by Crippen LogP contribution is -2.26. The summed E-state index contributed by atoms with van der Waals surface area (Å²) >= 11 is 1.30. The molecule has 0 aliphatic carbocycles. The highest BCUT2D eigenvalue weighted by Crippen LogP contribution is 2.23. The zero-order valence-corrected chi connectivity index (χ0v) is 14.2. The number of amides is 2. The SMILES string of the molecule is Cc1ccc(NC(=O)CSc2ccccc2C(=O)NCCO)cc1.